The van der Waals surface area contributed by atoms with Gasteiger partial charge in [0.25, 0.3) is 0 Å². The minimum absolute atomic E-state index is 0.0480. The van der Waals surface area contributed by atoms with Crippen molar-refractivity contribution < 1.29 is 14.7 Å². The lowest BCUT2D eigenvalue weighted by atomic mass is 9.97. The third-order valence-corrected chi connectivity index (χ3v) is 3.72. The average Bonchev–Trinajstić information content (AvgIpc) is 2.63. The van der Waals surface area contributed by atoms with Gasteiger partial charge in [-0.25, -0.2) is 4.79 Å². The predicted octanol–water partition coefficient (Wildman–Crippen LogP) is 3.11. The molecular weight excluding hydrogens is 264 g/mol. The van der Waals surface area contributed by atoms with Crippen molar-refractivity contribution in [2.45, 2.75) is 12.8 Å². The van der Waals surface area contributed by atoms with Gasteiger partial charge in [-0.05, 0) is 35.6 Å². The van der Waals surface area contributed by atoms with E-state index in [9.17, 15) is 9.59 Å². The van der Waals surface area contributed by atoms with Crippen molar-refractivity contribution >= 4 is 17.8 Å². The van der Waals surface area contributed by atoms with Crippen LogP contribution in [0.4, 0.5) is 0 Å². The lowest BCUT2D eigenvalue weighted by molar-refractivity contribution is -0.131. The zero-order valence-electron chi connectivity index (χ0n) is 11.4. The minimum Gasteiger partial charge on any atom is -0.478 e. The van der Waals surface area contributed by atoms with Crippen molar-refractivity contribution in [1.29, 1.82) is 0 Å². The fraction of sp³-hybridized carbons (Fsp3) is 0.111. The maximum atomic E-state index is 12.6. The van der Waals surface area contributed by atoms with Crippen molar-refractivity contribution in [3.63, 3.8) is 0 Å². The second kappa shape index (κ2) is 5.37. The van der Waals surface area contributed by atoms with Crippen LogP contribution in [0.15, 0.2) is 48.5 Å². The van der Waals surface area contributed by atoms with E-state index in [0.717, 1.165) is 41.2 Å². The van der Waals surface area contributed by atoms with Crippen LogP contribution in [0.1, 0.15) is 32.6 Å². The number of fused-ring (bicyclic) bond motifs is 2. The first-order valence-electron chi connectivity index (χ1n) is 6.82. The Balaban J connectivity index is 2.03. The number of hydrogen-bond donors (Lipinski definition) is 1. The summed E-state index contributed by atoms with van der Waals surface area (Å²) in [6.45, 7) is 0. The molecule has 1 N–H and O–H groups in total. The second-order valence-electron chi connectivity index (χ2n) is 5.07. The van der Waals surface area contributed by atoms with Crippen LogP contribution >= 0.6 is 0 Å². The molecule has 104 valence electrons. The molecule has 0 amide bonds. The normalized spacial score (nSPS) is 13.6. The van der Waals surface area contributed by atoms with E-state index in [1.54, 1.807) is 18.2 Å². The van der Waals surface area contributed by atoms with Crippen molar-refractivity contribution in [1.82, 2.24) is 0 Å². The van der Waals surface area contributed by atoms with E-state index in [1.165, 1.54) is 0 Å². The monoisotopic (exact) mass is 278 g/mol. The van der Waals surface area contributed by atoms with Crippen molar-refractivity contribution in [2.24, 2.45) is 0 Å². The fourth-order valence-corrected chi connectivity index (χ4v) is 2.69. The molecule has 2 aromatic rings. The Bertz CT molecular complexity index is 757. The lowest BCUT2D eigenvalue weighted by Crippen LogP contribution is -2.04. The number of hydrogen-bond acceptors (Lipinski definition) is 2. The number of aliphatic carboxylic acids is 1. The SMILES string of the molecule is O=C(O)/C=C/c1ccc2c(c1)CCc1ccccc1C2=O. The van der Waals surface area contributed by atoms with E-state index in [2.05, 4.69) is 0 Å². The molecule has 0 spiro atoms. The van der Waals surface area contributed by atoms with Gasteiger partial charge < -0.3 is 5.11 Å². The topological polar surface area (TPSA) is 54.4 Å². The molecule has 0 fully saturated rings. The summed E-state index contributed by atoms with van der Waals surface area (Å²) in [7, 11) is 0. The second-order valence-corrected chi connectivity index (χ2v) is 5.07. The van der Waals surface area contributed by atoms with Crippen LogP contribution in [0.5, 0.6) is 0 Å². The molecule has 3 heteroatoms. The highest BCUT2D eigenvalue weighted by Gasteiger charge is 2.20. The van der Waals surface area contributed by atoms with E-state index in [4.69, 9.17) is 5.11 Å². The van der Waals surface area contributed by atoms with Crippen LogP contribution in [0.2, 0.25) is 0 Å². The summed E-state index contributed by atoms with van der Waals surface area (Å²) < 4.78 is 0. The molecule has 0 unspecified atom stereocenters. The molecule has 0 radical (unpaired) electrons. The van der Waals surface area contributed by atoms with Gasteiger partial charge in [-0.2, -0.15) is 0 Å². The maximum absolute atomic E-state index is 12.6. The molecule has 0 atom stereocenters. The first-order valence-corrected chi connectivity index (χ1v) is 6.82. The van der Waals surface area contributed by atoms with E-state index < -0.39 is 5.97 Å². The maximum Gasteiger partial charge on any atom is 0.328 e. The first-order chi connectivity index (χ1) is 10.1. The van der Waals surface area contributed by atoms with E-state index >= 15 is 0 Å². The van der Waals surface area contributed by atoms with Gasteiger partial charge in [0.1, 0.15) is 0 Å². The molecule has 0 aliphatic heterocycles. The largest absolute Gasteiger partial charge is 0.478 e. The molecule has 3 rings (SSSR count). The Morgan fingerprint density at radius 1 is 1.00 bits per heavy atom. The number of carboxylic acid groups (broad SMARTS) is 1. The van der Waals surface area contributed by atoms with E-state index in [1.807, 2.05) is 30.3 Å². The Morgan fingerprint density at radius 2 is 1.71 bits per heavy atom. The summed E-state index contributed by atoms with van der Waals surface area (Å²) in [4.78, 5) is 23.2. The van der Waals surface area contributed by atoms with Crippen LogP contribution in [0.3, 0.4) is 0 Å². The third-order valence-electron chi connectivity index (χ3n) is 3.72. The van der Waals surface area contributed by atoms with Crippen molar-refractivity contribution in [2.75, 3.05) is 0 Å². The number of benzene rings is 2. The highest BCUT2D eigenvalue weighted by molar-refractivity contribution is 6.11. The highest BCUT2D eigenvalue weighted by Crippen LogP contribution is 2.25. The quantitative estimate of drug-likeness (QED) is 0.859. The van der Waals surface area contributed by atoms with Gasteiger partial charge in [0.05, 0.1) is 0 Å². The highest BCUT2D eigenvalue weighted by atomic mass is 16.4. The number of carboxylic acids is 1. The molecule has 21 heavy (non-hydrogen) atoms. The fourth-order valence-electron chi connectivity index (χ4n) is 2.69. The zero-order chi connectivity index (χ0) is 14.8. The summed E-state index contributed by atoms with van der Waals surface area (Å²) in [6.07, 6.45) is 4.26. The molecule has 0 heterocycles. The molecule has 0 aromatic heterocycles. The number of ketones is 1. The first kappa shape index (κ1) is 13.3. The van der Waals surface area contributed by atoms with Crippen LogP contribution in [0.25, 0.3) is 6.08 Å². The van der Waals surface area contributed by atoms with Gasteiger partial charge in [0.15, 0.2) is 5.78 Å². The lowest BCUT2D eigenvalue weighted by Gasteiger charge is -2.06. The molecule has 0 saturated carbocycles. The predicted molar refractivity (Wildman–Crippen MR) is 80.4 cm³/mol. The van der Waals surface area contributed by atoms with Gasteiger partial charge in [-0.1, -0.05) is 42.5 Å². The van der Waals surface area contributed by atoms with E-state index in [0.29, 0.717) is 5.56 Å². The van der Waals surface area contributed by atoms with Crippen LogP contribution < -0.4 is 0 Å². The van der Waals surface area contributed by atoms with Gasteiger partial charge in [-0.15, -0.1) is 0 Å². The number of carbonyl (C=O) groups excluding carboxylic acids is 1. The summed E-state index contributed by atoms with van der Waals surface area (Å²) in [5, 5.41) is 8.68. The average molecular weight is 278 g/mol. The Morgan fingerprint density at radius 3 is 2.52 bits per heavy atom. The summed E-state index contributed by atoms with van der Waals surface area (Å²) in [5.41, 5.74) is 4.33. The zero-order valence-corrected chi connectivity index (χ0v) is 11.4. The van der Waals surface area contributed by atoms with Crippen molar-refractivity contribution in [3.8, 4) is 0 Å². The number of carbonyl (C=O) groups is 2. The number of rotatable bonds is 2. The standard InChI is InChI=1S/C18H14O3/c19-17(20)10-6-12-5-9-16-14(11-12)8-7-13-3-1-2-4-15(13)18(16)21/h1-6,9-11H,7-8H2,(H,19,20)/b10-6+. The van der Waals surface area contributed by atoms with Crippen molar-refractivity contribution in [3.05, 3.63) is 76.4 Å². The summed E-state index contributed by atoms with van der Waals surface area (Å²) in [6, 6.07) is 13.2. The molecular formula is C18H14O3. The molecule has 2 aromatic carbocycles. The molecule has 0 saturated heterocycles. The Kier molecular flexibility index (Phi) is 3.40. The molecule has 1 aliphatic carbocycles. The van der Waals surface area contributed by atoms with Gasteiger partial charge in [-0.3, -0.25) is 4.79 Å². The minimum atomic E-state index is -0.978. The van der Waals surface area contributed by atoms with Crippen LogP contribution in [-0.4, -0.2) is 16.9 Å². The third kappa shape index (κ3) is 2.63. The Hall–Kier alpha value is -2.68. The molecule has 3 nitrogen and oxygen atoms in total. The molecule has 1 aliphatic rings. The molecule has 0 bridgehead atoms. The van der Waals surface area contributed by atoms with Gasteiger partial charge >= 0.3 is 5.97 Å². The van der Waals surface area contributed by atoms with Gasteiger partial charge in [0, 0.05) is 17.2 Å². The van der Waals surface area contributed by atoms with Crippen LogP contribution in [-0.2, 0) is 17.6 Å². The summed E-state index contributed by atoms with van der Waals surface area (Å²) >= 11 is 0. The smallest absolute Gasteiger partial charge is 0.328 e. The Labute approximate surface area is 122 Å². The van der Waals surface area contributed by atoms with Gasteiger partial charge in [0.2, 0.25) is 0 Å². The number of aryl methyl sites for hydroxylation is 2. The summed E-state index contributed by atoms with van der Waals surface area (Å²) in [5.74, 6) is -0.930. The van der Waals surface area contributed by atoms with Crippen LogP contribution in [0, 0.1) is 0 Å². The van der Waals surface area contributed by atoms with E-state index in [-0.39, 0.29) is 5.78 Å².